The van der Waals surface area contributed by atoms with Gasteiger partial charge < -0.3 is 20.9 Å². The van der Waals surface area contributed by atoms with Crippen molar-refractivity contribution in [1.82, 2.24) is 15.3 Å². The van der Waals surface area contributed by atoms with Gasteiger partial charge in [0.15, 0.2) is 0 Å². The average molecular weight is 488 g/mol. The molecule has 0 radical (unpaired) electrons. The van der Waals surface area contributed by atoms with Crippen molar-refractivity contribution >= 4 is 40.8 Å². The van der Waals surface area contributed by atoms with Crippen LogP contribution in [0, 0.1) is 10.1 Å². The summed E-state index contributed by atoms with van der Waals surface area (Å²) >= 11 is 6.06. The van der Waals surface area contributed by atoms with E-state index in [1.54, 1.807) is 0 Å². The van der Waals surface area contributed by atoms with Gasteiger partial charge in [-0.2, -0.15) is 4.98 Å². The van der Waals surface area contributed by atoms with Crippen LogP contribution in [-0.4, -0.2) is 47.1 Å². The van der Waals surface area contributed by atoms with Crippen LogP contribution in [0.4, 0.5) is 27.9 Å². The highest BCUT2D eigenvalue weighted by molar-refractivity contribution is 6.33. The second-order valence-electron chi connectivity index (χ2n) is 9.11. The molecular formula is C23H30ClN7O3. The van der Waals surface area contributed by atoms with Crippen LogP contribution < -0.4 is 20.9 Å². The number of fused-ring (bicyclic) bond motifs is 1. The van der Waals surface area contributed by atoms with Gasteiger partial charge in [-0.1, -0.05) is 11.6 Å². The summed E-state index contributed by atoms with van der Waals surface area (Å²) in [5, 5.41) is 20.1. The fraction of sp³-hybridized carbons (Fsp3) is 0.522. The van der Waals surface area contributed by atoms with Crippen molar-refractivity contribution in [3.05, 3.63) is 44.6 Å². The van der Waals surface area contributed by atoms with Gasteiger partial charge in [-0.3, -0.25) is 10.1 Å². The van der Waals surface area contributed by atoms with Crippen LogP contribution in [-0.2, 0) is 12.8 Å². The summed E-state index contributed by atoms with van der Waals surface area (Å²) in [4.78, 5) is 34.4. The smallest absolute Gasteiger partial charge is 0.319 e. The molecule has 4 rings (SSSR count). The van der Waals surface area contributed by atoms with E-state index in [9.17, 15) is 14.9 Å². The standard InChI is InChI=1S/C23H30ClN7O3/c1-30(2)21-17-5-3-4-6-19(17)27-22(29-21)25-14-7-9-15(10-8-14)26-23(32)28-20-12-11-16(31(33)34)13-18(20)24/h11-15H,3-10H2,1-2H3,(H,25,27,29)(H2,26,28,32). The molecule has 2 amide bonds. The molecule has 1 aromatic heterocycles. The highest BCUT2D eigenvalue weighted by Gasteiger charge is 2.25. The van der Waals surface area contributed by atoms with Gasteiger partial charge in [0.2, 0.25) is 5.95 Å². The van der Waals surface area contributed by atoms with Crippen molar-refractivity contribution in [3.63, 3.8) is 0 Å². The molecule has 1 saturated carbocycles. The van der Waals surface area contributed by atoms with Crippen molar-refractivity contribution in [2.45, 2.75) is 63.5 Å². The molecule has 10 nitrogen and oxygen atoms in total. The number of aryl methyl sites for hydroxylation is 1. The van der Waals surface area contributed by atoms with Crippen LogP contribution in [0.5, 0.6) is 0 Å². The van der Waals surface area contributed by atoms with Crippen molar-refractivity contribution in [3.8, 4) is 0 Å². The zero-order valence-corrected chi connectivity index (χ0v) is 20.2. The normalized spacial score (nSPS) is 19.6. The second kappa shape index (κ2) is 10.4. The van der Waals surface area contributed by atoms with Gasteiger partial charge in [0, 0.05) is 43.9 Å². The Morgan fingerprint density at radius 1 is 1.12 bits per heavy atom. The number of nitro groups is 1. The summed E-state index contributed by atoms with van der Waals surface area (Å²) in [7, 11) is 4.04. The van der Waals surface area contributed by atoms with Crippen molar-refractivity contribution in [2.75, 3.05) is 29.6 Å². The Balaban J connectivity index is 1.30. The zero-order chi connectivity index (χ0) is 24.2. The van der Waals surface area contributed by atoms with Gasteiger partial charge in [0.05, 0.1) is 21.3 Å². The van der Waals surface area contributed by atoms with Crippen molar-refractivity contribution in [2.24, 2.45) is 0 Å². The van der Waals surface area contributed by atoms with Crippen LogP contribution in [0.3, 0.4) is 0 Å². The minimum Gasteiger partial charge on any atom is -0.362 e. The molecule has 0 aliphatic heterocycles. The third-order valence-electron chi connectivity index (χ3n) is 6.39. The molecule has 182 valence electrons. The molecule has 34 heavy (non-hydrogen) atoms. The number of amides is 2. The number of urea groups is 1. The molecule has 2 aromatic rings. The largest absolute Gasteiger partial charge is 0.362 e. The van der Waals surface area contributed by atoms with E-state index in [0.29, 0.717) is 11.6 Å². The van der Waals surface area contributed by atoms with Crippen molar-refractivity contribution < 1.29 is 9.72 Å². The van der Waals surface area contributed by atoms with Crippen LogP contribution in [0.2, 0.25) is 5.02 Å². The molecule has 1 aromatic carbocycles. The Kier molecular flexibility index (Phi) is 7.35. The Bertz CT molecular complexity index is 1070. The first-order valence-corrected chi connectivity index (χ1v) is 12.0. The maximum atomic E-state index is 12.4. The molecular weight excluding hydrogens is 458 g/mol. The summed E-state index contributed by atoms with van der Waals surface area (Å²) in [6.45, 7) is 0. The number of hydrogen-bond donors (Lipinski definition) is 3. The van der Waals surface area contributed by atoms with E-state index in [0.717, 1.165) is 50.0 Å². The van der Waals surface area contributed by atoms with Crippen molar-refractivity contribution in [1.29, 1.82) is 0 Å². The first-order chi connectivity index (χ1) is 16.3. The monoisotopic (exact) mass is 487 g/mol. The highest BCUT2D eigenvalue weighted by Crippen LogP contribution is 2.30. The number of carbonyl (C=O) groups is 1. The molecule has 11 heteroatoms. The predicted molar refractivity (Wildman–Crippen MR) is 133 cm³/mol. The van der Waals surface area contributed by atoms with E-state index in [-0.39, 0.29) is 28.8 Å². The molecule has 2 aliphatic rings. The zero-order valence-electron chi connectivity index (χ0n) is 19.4. The Morgan fingerprint density at radius 2 is 1.82 bits per heavy atom. The van der Waals surface area contributed by atoms with Crippen LogP contribution in [0.1, 0.15) is 49.8 Å². The molecule has 0 spiro atoms. The van der Waals surface area contributed by atoms with Gasteiger partial charge in [-0.05, 0) is 57.4 Å². The fourth-order valence-corrected chi connectivity index (χ4v) is 4.86. The summed E-state index contributed by atoms with van der Waals surface area (Å²) in [6.07, 6.45) is 7.81. The topological polar surface area (TPSA) is 125 Å². The third-order valence-corrected chi connectivity index (χ3v) is 6.70. The van der Waals surface area contributed by atoms with Gasteiger partial charge in [-0.25, -0.2) is 9.78 Å². The molecule has 0 unspecified atom stereocenters. The molecule has 1 heterocycles. The van der Waals surface area contributed by atoms with E-state index in [1.165, 1.54) is 36.6 Å². The SMILES string of the molecule is CN(C)c1nc(NC2CCC(NC(=O)Nc3ccc([N+](=O)[O-])cc3Cl)CC2)nc2c1CCCC2. The number of hydrogen-bond acceptors (Lipinski definition) is 7. The van der Waals surface area contributed by atoms with Crippen LogP contribution in [0.25, 0.3) is 0 Å². The van der Waals surface area contributed by atoms with E-state index in [4.69, 9.17) is 21.6 Å². The fourth-order valence-electron chi connectivity index (χ4n) is 4.64. The lowest BCUT2D eigenvalue weighted by Crippen LogP contribution is -2.42. The minimum atomic E-state index is -0.529. The third kappa shape index (κ3) is 5.67. The molecule has 0 bridgehead atoms. The number of benzene rings is 1. The number of aromatic nitrogens is 2. The Labute approximate surface area is 203 Å². The number of non-ortho nitro benzene ring substituents is 1. The van der Waals surface area contributed by atoms with Crippen LogP contribution >= 0.6 is 11.6 Å². The number of rotatable bonds is 6. The average Bonchev–Trinajstić information content (AvgIpc) is 2.81. The lowest BCUT2D eigenvalue weighted by atomic mass is 9.91. The minimum absolute atomic E-state index is 0.0386. The van der Waals surface area contributed by atoms with Gasteiger partial charge in [-0.15, -0.1) is 0 Å². The van der Waals surface area contributed by atoms with Crippen LogP contribution in [0.15, 0.2) is 18.2 Å². The Hall–Kier alpha value is -3.14. The van der Waals surface area contributed by atoms with E-state index >= 15 is 0 Å². The van der Waals surface area contributed by atoms with Gasteiger partial charge >= 0.3 is 6.03 Å². The number of carbonyl (C=O) groups excluding carboxylic acids is 1. The van der Waals surface area contributed by atoms with Gasteiger partial charge in [0.1, 0.15) is 5.82 Å². The number of nitrogens with zero attached hydrogens (tertiary/aromatic N) is 4. The lowest BCUT2D eigenvalue weighted by Gasteiger charge is -2.30. The number of nitro benzene ring substituents is 1. The molecule has 0 saturated heterocycles. The first-order valence-electron chi connectivity index (χ1n) is 11.6. The summed E-state index contributed by atoms with van der Waals surface area (Å²) in [6, 6.07) is 3.88. The van der Waals surface area contributed by atoms with E-state index in [2.05, 4.69) is 20.9 Å². The maximum Gasteiger partial charge on any atom is 0.319 e. The molecule has 3 N–H and O–H groups in total. The number of halogens is 1. The Morgan fingerprint density at radius 3 is 2.50 bits per heavy atom. The second-order valence-corrected chi connectivity index (χ2v) is 9.52. The number of nitrogens with one attached hydrogen (secondary N) is 3. The summed E-state index contributed by atoms with van der Waals surface area (Å²) < 4.78 is 0. The molecule has 0 atom stereocenters. The van der Waals surface area contributed by atoms with E-state index in [1.807, 2.05) is 14.1 Å². The lowest BCUT2D eigenvalue weighted by molar-refractivity contribution is -0.384. The first kappa shape index (κ1) is 24.0. The molecule has 1 fully saturated rings. The molecule has 2 aliphatic carbocycles. The summed E-state index contributed by atoms with van der Waals surface area (Å²) in [5.41, 5.74) is 2.64. The summed E-state index contributed by atoms with van der Waals surface area (Å²) in [5.74, 6) is 1.69. The predicted octanol–water partition coefficient (Wildman–Crippen LogP) is 4.53. The number of anilines is 3. The highest BCUT2D eigenvalue weighted by atomic mass is 35.5. The maximum absolute atomic E-state index is 12.4. The van der Waals surface area contributed by atoms with Gasteiger partial charge in [0.25, 0.3) is 5.69 Å². The quantitative estimate of drug-likeness (QED) is 0.403. The van der Waals surface area contributed by atoms with E-state index < -0.39 is 4.92 Å².